The number of carboxylic acid groups (broad SMARTS) is 1. The number of hydrogen-bond acceptors (Lipinski definition) is 5. The summed E-state index contributed by atoms with van der Waals surface area (Å²) in [7, 11) is -3.21. The number of piperidine rings is 1. The van der Waals surface area contributed by atoms with Crippen molar-refractivity contribution < 1.29 is 18.3 Å². The fourth-order valence-corrected chi connectivity index (χ4v) is 4.88. The van der Waals surface area contributed by atoms with Crippen LogP contribution >= 0.6 is 11.3 Å². The lowest BCUT2D eigenvalue weighted by Crippen LogP contribution is -2.47. The third kappa shape index (κ3) is 4.52. The van der Waals surface area contributed by atoms with E-state index in [0.717, 1.165) is 5.56 Å². The smallest absolute Gasteiger partial charge is 0.325 e. The van der Waals surface area contributed by atoms with Crippen LogP contribution in [0.5, 0.6) is 0 Å². The van der Waals surface area contributed by atoms with Crippen LogP contribution in [0.15, 0.2) is 16.8 Å². The Morgan fingerprint density at radius 2 is 2.18 bits per heavy atom. The van der Waals surface area contributed by atoms with Crippen molar-refractivity contribution in [2.75, 3.05) is 18.8 Å². The predicted octanol–water partition coefficient (Wildman–Crippen LogP) is 1.67. The largest absolute Gasteiger partial charge is 0.480 e. The summed E-state index contributed by atoms with van der Waals surface area (Å²) >= 11 is 1.48. The molecular formula is C14H22N2O4S2. The normalized spacial score (nSPS) is 19.1. The molecular weight excluding hydrogens is 324 g/mol. The van der Waals surface area contributed by atoms with E-state index >= 15 is 0 Å². The van der Waals surface area contributed by atoms with Gasteiger partial charge in [-0.3, -0.25) is 9.69 Å². The number of hydrogen-bond donors (Lipinski definition) is 2. The predicted molar refractivity (Wildman–Crippen MR) is 86.5 cm³/mol. The molecule has 0 amide bonds. The molecule has 2 N–H and O–H groups in total. The summed E-state index contributed by atoms with van der Waals surface area (Å²) in [6.45, 7) is 2.98. The van der Waals surface area contributed by atoms with Crippen LogP contribution in [0.2, 0.25) is 0 Å². The summed E-state index contributed by atoms with van der Waals surface area (Å²) in [5.41, 5.74) is 0.794. The number of aliphatic carboxylic acids is 1. The van der Waals surface area contributed by atoms with Gasteiger partial charge in [0.15, 0.2) is 0 Å². The monoisotopic (exact) mass is 346 g/mol. The second-order valence-corrected chi connectivity index (χ2v) is 8.20. The van der Waals surface area contributed by atoms with Gasteiger partial charge < -0.3 is 5.11 Å². The standard InChI is InChI=1S/C14H22N2O4S2/c1-2-9-22(19,20)15-12-3-6-16(7-4-12)13(14(17)18)11-5-8-21-10-11/h5,8,10,12-13,15H,2-4,6-7,9H2,1H3,(H,17,18). The number of nitrogens with zero attached hydrogens (tertiary/aromatic N) is 1. The Balaban J connectivity index is 1.95. The van der Waals surface area contributed by atoms with Gasteiger partial charge in [-0.05, 0) is 41.7 Å². The van der Waals surface area contributed by atoms with Crippen LogP contribution in [0.25, 0.3) is 0 Å². The number of thiophene rings is 1. The molecule has 0 radical (unpaired) electrons. The number of sulfonamides is 1. The Labute approximate surface area is 135 Å². The summed E-state index contributed by atoms with van der Waals surface area (Å²) in [5, 5.41) is 13.2. The molecule has 1 saturated heterocycles. The van der Waals surface area contributed by atoms with Gasteiger partial charge in [0.05, 0.1) is 5.75 Å². The van der Waals surface area contributed by atoms with Crippen molar-refractivity contribution in [3.63, 3.8) is 0 Å². The van der Waals surface area contributed by atoms with Crippen LogP contribution in [0, 0.1) is 0 Å². The van der Waals surface area contributed by atoms with Gasteiger partial charge in [-0.1, -0.05) is 6.92 Å². The molecule has 1 aromatic rings. The fraction of sp³-hybridized carbons (Fsp3) is 0.643. The average molecular weight is 346 g/mol. The van der Waals surface area contributed by atoms with Crippen molar-refractivity contribution in [2.45, 2.75) is 38.3 Å². The molecule has 2 rings (SSSR count). The molecule has 1 aliphatic heterocycles. The van der Waals surface area contributed by atoms with Gasteiger partial charge >= 0.3 is 5.97 Å². The van der Waals surface area contributed by atoms with Crippen LogP contribution in [0.4, 0.5) is 0 Å². The summed E-state index contributed by atoms with van der Waals surface area (Å²) in [4.78, 5) is 13.5. The summed E-state index contributed by atoms with van der Waals surface area (Å²) in [6, 6.07) is 1.10. The minimum Gasteiger partial charge on any atom is -0.480 e. The van der Waals surface area contributed by atoms with Gasteiger partial charge in [-0.15, -0.1) is 0 Å². The van der Waals surface area contributed by atoms with Crippen molar-refractivity contribution >= 4 is 27.3 Å². The maximum absolute atomic E-state index is 11.8. The SMILES string of the molecule is CCCS(=O)(=O)NC1CCN(C(C(=O)O)c2ccsc2)CC1. The lowest BCUT2D eigenvalue weighted by molar-refractivity contribution is -0.144. The van der Waals surface area contributed by atoms with Crippen LogP contribution in [-0.2, 0) is 14.8 Å². The molecule has 1 atom stereocenters. The van der Waals surface area contributed by atoms with Crippen LogP contribution in [0.3, 0.4) is 0 Å². The minimum absolute atomic E-state index is 0.0929. The number of carboxylic acids is 1. The van der Waals surface area contributed by atoms with Crippen molar-refractivity contribution in [3.05, 3.63) is 22.4 Å². The molecule has 1 unspecified atom stereocenters. The first-order valence-electron chi connectivity index (χ1n) is 7.42. The first-order valence-corrected chi connectivity index (χ1v) is 10.0. The molecule has 1 aromatic heterocycles. The Morgan fingerprint density at radius 1 is 1.50 bits per heavy atom. The van der Waals surface area contributed by atoms with E-state index in [-0.39, 0.29) is 11.8 Å². The number of carbonyl (C=O) groups is 1. The number of nitrogens with one attached hydrogen (secondary N) is 1. The van der Waals surface area contributed by atoms with Crippen LogP contribution < -0.4 is 4.72 Å². The van der Waals surface area contributed by atoms with Gasteiger partial charge in [-0.2, -0.15) is 11.3 Å². The van der Waals surface area contributed by atoms with Crippen molar-refractivity contribution in [2.24, 2.45) is 0 Å². The highest BCUT2D eigenvalue weighted by molar-refractivity contribution is 7.89. The van der Waals surface area contributed by atoms with E-state index < -0.39 is 22.0 Å². The minimum atomic E-state index is -3.21. The van der Waals surface area contributed by atoms with Gasteiger partial charge in [0.1, 0.15) is 6.04 Å². The van der Waals surface area contributed by atoms with Gasteiger partial charge in [0, 0.05) is 19.1 Å². The van der Waals surface area contributed by atoms with Crippen molar-refractivity contribution in [1.29, 1.82) is 0 Å². The second-order valence-electron chi connectivity index (χ2n) is 5.54. The van der Waals surface area contributed by atoms with Crippen LogP contribution in [-0.4, -0.2) is 49.3 Å². The molecule has 0 saturated carbocycles. The summed E-state index contributed by atoms with van der Waals surface area (Å²) in [5.74, 6) is -0.719. The van der Waals surface area contributed by atoms with Gasteiger partial charge in [0.25, 0.3) is 0 Å². The third-order valence-electron chi connectivity index (χ3n) is 3.81. The highest BCUT2D eigenvalue weighted by Gasteiger charge is 2.32. The number of rotatable bonds is 7. The molecule has 2 heterocycles. The zero-order valence-electron chi connectivity index (χ0n) is 12.6. The lowest BCUT2D eigenvalue weighted by atomic mass is 10.0. The van der Waals surface area contributed by atoms with Crippen molar-refractivity contribution in [3.8, 4) is 0 Å². The molecule has 22 heavy (non-hydrogen) atoms. The molecule has 6 nitrogen and oxygen atoms in total. The number of likely N-dealkylation sites (tertiary alicyclic amines) is 1. The molecule has 0 aliphatic carbocycles. The molecule has 124 valence electrons. The fourth-order valence-electron chi connectivity index (χ4n) is 2.80. The zero-order chi connectivity index (χ0) is 16.2. The molecule has 0 bridgehead atoms. The first kappa shape index (κ1) is 17.4. The van der Waals surface area contributed by atoms with E-state index in [1.807, 2.05) is 28.7 Å². The molecule has 1 aliphatic rings. The topological polar surface area (TPSA) is 86.7 Å². The Kier molecular flexibility index (Phi) is 5.96. The molecule has 0 spiro atoms. The van der Waals surface area contributed by atoms with Crippen LogP contribution in [0.1, 0.15) is 37.8 Å². The van der Waals surface area contributed by atoms with Crippen molar-refractivity contribution in [1.82, 2.24) is 9.62 Å². The van der Waals surface area contributed by atoms with E-state index in [9.17, 15) is 18.3 Å². The maximum atomic E-state index is 11.8. The van der Waals surface area contributed by atoms with E-state index in [1.54, 1.807) is 0 Å². The Bertz CT molecular complexity index is 578. The summed E-state index contributed by atoms with van der Waals surface area (Å²) < 4.78 is 26.3. The zero-order valence-corrected chi connectivity index (χ0v) is 14.2. The van der Waals surface area contributed by atoms with E-state index in [0.29, 0.717) is 32.4 Å². The highest BCUT2D eigenvalue weighted by Crippen LogP contribution is 2.26. The molecule has 0 aromatic carbocycles. The van der Waals surface area contributed by atoms with Gasteiger partial charge in [-0.25, -0.2) is 13.1 Å². The quantitative estimate of drug-likeness (QED) is 0.784. The lowest BCUT2D eigenvalue weighted by Gasteiger charge is -2.35. The Morgan fingerprint density at radius 3 is 2.68 bits per heavy atom. The highest BCUT2D eigenvalue weighted by atomic mass is 32.2. The van der Waals surface area contributed by atoms with E-state index in [1.165, 1.54) is 11.3 Å². The summed E-state index contributed by atoms with van der Waals surface area (Å²) in [6.07, 6.45) is 1.86. The van der Waals surface area contributed by atoms with E-state index in [4.69, 9.17) is 0 Å². The maximum Gasteiger partial charge on any atom is 0.325 e. The molecule has 8 heteroatoms. The van der Waals surface area contributed by atoms with E-state index in [2.05, 4.69) is 4.72 Å². The average Bonchev–Trinajstić information content (AvgIpc) is 2.94. The molecule has 1 fully saturated rings. The third-order valence-corrected chi connectivity index (χ3v) is 6.15. The Hall–Kier alpha value is -0.960. The second kappa shape index (κ2) is 7.54. The van der Waals surface area contributed by atoms with Gasteiger partial charge in [0.2, 0.25) is 10.0 Å². The first-order chi connectivity index (χ1) is 10.4.